The molecular weight excluding hydrogens is 296 g/mol. The fourth-order valence-corrected chi connectivity index (χ4v) is 4.31. The standard InChI is InChI=1S/C15H11ClOS2/c1-9-2-3-10(11(16)6-9)7-12(17)14-8-15-13(19-14)4-5-18-15/h2-6,8H,7H2,1H3. The van der Waals surface area contributed by atoms with Crippen molar-refractivity contribution in [2.45, 2.75) is 13.3 Å². The summed E-state index contributed by atoms with van der Waals surface area (Å²) in [5, 5.41) is 2.72. The number of hydrogen-bond acceptors (Lipinski definition) is 3. The van der Waals surface area contributed by atoms with Gasteiger partial charge in [-0.2, -0.15) is 0 Å². The van der Waals surface area contributed by atoms with E-state index in [1.165, 1.54) is 9.40 Å². The van der Waals surface area contributed by atoms with Gasteiger partial charge in [0.05, 0.1) is 4.88 Å². The van der Waals surface area contributed by atoms with Gasteiger partial charge in [0.1, 0.15) is 0 Å². The molecule has 0 aliphatic carbocycles. The molecule has 0 atom stereocenters. The fourth-order valence-electron chi connectivity index (χ4n) is 1.96. The van der Waals surface area contributed by atoms with Crippen molar-refractivity contribution in [3.05, 3.63) is 56.7 Å². The monoisotopic (exact) mass is 306 g/mol. The van der Waals surface area contributed by atoms with E-state index in [2.05, 4.69) is 6.07 Å². The second-order valence-corrected chi connectivity index (χ2v) is 6.89. The lowest BCUT2D eigenvalue weighted by molar-refractivity contribution is 0.0997. The Kier molecular flexibility index (Phi) is 3.44. The van der Waals surface area contributed by atoms with Crippen molar-refractivity contribution in [1.29, 1.82) is 0 Å². The molecule has 3 rings (SSSR count). The van der Waals surface area contributed by atoms with Gasteiger partial charge in [0.15, 0.2) is 5.78 Å². The van der Waals surface area contributed by atoms with E-state index in [9.17, 15) is 4.79 Å². The molecule has 0 unspecified atom stereocenters. The predicted octanol–water partition coefficient (Wildman–Crippen LogP) is 5.35. The SMILES string of the molecule is Cc1ccc(CC(=O)c2cc3sccc3s2)c(Cl)c1. The molecular formula is C15H11ClOS2. The Morgan fingerprint density at radius 3 is 2.79 bits per heavy atom. The first kappa shape index (κ1) is 12.9. The number of carbonyl (C=O) groups excluding carboxylic acids is 1. The molecule has 0 aliphatic rings. The van der Waals surface area contributed by atoms with Gasteiger partial charge in [0.2, 0.25) is 0 Å². The first-order valence-corrected chi connectivity index (χ1v) is 7.96. The van der Waals surface area contributed by atoms with Crippen molar-refractivity contribution < 1.29 is 4.79 Å². The van der Waals surface area contributed by atoms with Gasteiger partial charge in [0.25, 0.3) is 0 Å². The van der Waals surface area contributed by atoms with Gasteiger partial charge in [-0.3, -0.25) is 4.79 Å². The molecule has 0 fully saturated rings. The highest BCUT2D eigenvalue weighted by Gasteiger charge is 2.13. The number of ketones is 1. The Hall–Kier alpha value is -1.16. The quantitative estimate of drug-likeness (QED) is 0.596. The highest BCUT2D eigenvalue weighted by molar-refractivity contribution is 7.27. The molecule has 0 aliphatic heterocycles. The Morgan fingerprint density at radius 1 is 1.21 bits per heavy atom. The van der Waals surface area contributed by atoms with Gasteiger partial charge < -0.3 is 0 Å². The maximum Gasteiger partial charge on any atom is 0.177 e. The van der Waals surface area contributed by atoms with Gasteiger partial charge in [-0.25, -0.2) is 0 Å². The highest BCUT2D eigenvalue weighted by Crippen LogP contribution is 2.31. The van der Waals surface area contributed by atoms with Gasteiger partial charge in [-0.1, -0.05) is 23.7 Å². The number of carbonyl (C=O) groups is 1. The van der Waals surface area contributed by atoms with Gasteiger partial charge in [-0.05, 0) is 41.6 Å². The molecule has 4 heteroatoms. The van der Waals surface area contributed by atoms with Crippen LogP contribution in [0.2, 0.25) is 5.02 Å². The van der Waals surface area contributed by atoms with E-state index >= 15 is 0 Å². The van der Waals surface area contributed by atoms with Crippen molar-refractivity contribution in [2.24, 2.45) is 0 Å². The third-order valence-corrected chi connectivity index (χ3v) is 5.46. The second kappa shape index (κ2) is 5.08. The maximum atomic E-state index is 12.3. The third kappa shape index (κ3) is 2.59. The molecule has 2 aromatic heterocycles. The van der Waals surface area contributed by atoms with Crippen LogP contribution < -0.4 is 0 Å². The van der Waals surface area contributed by atoms with Gasteiger partial charge in [0, 0.05) is 20.8 Å². The van der Waals surface area contributed by atoms with Crippen LogP contribution in [0.3, 0.4) is 0 Å². The Morgan fingerprint density at radius 2 is 2.05 bits per heavy atom. The van der Waals surface area contributed by atoms with E-state index in [-0.39, 0.29) is 5.78 Å². The van der Waals surface area contributed by atoms with Gasteiger partial charge >= 0.3 is 0 Å². The summed E-state index contributed by atoms with van der Waals surface area (Å²) in [6.07, 6.45) is 0.368. The Balaban J connectivity index is 1.86. The van der Waals surface area contributed by atoms with Crippen LogP contribution in [0.4, 0.5) is 0 Å². The van der Waals surface area contributed by atoms with Gasteiger partial charge in [-0.15, -0.1) is 22.7 Å². The van der Waals surface area contributed by atoms with Crippen molar-refractivity contribution >= 4 is 49.5 Å². The molecule has 0 saturated carbocycles. The third-order valence-electron chi connectivity index (χ3n) is 2.97. The smallest absolute Gasteiger partial charge is 0.177 e. The number of benzene rings is 1. The second-order valence-electron chi connectivity index (χ2n) is 4.45. The molecule has 0 amide bonds. The van der Waals surface area contributed by atoms with Crippen LogP contribution in [0.25, 0.3) is 9.40 Å². The molecule has 2 heterocycles. The molecule has 1 aromatic carbocycles. The van der Waals surface area contributed by atoms with Crippen molar-refractivity contribution in [1.82, 2.24) is 0 Å². The highest BCUT2D eigenvalue weighted by atomic mass is 35.5. The van der Waals surface area contributed by atoms with Crippen LogP contribution in [0.1, 0.15) is 20.8 Å². The first-order valence-electron chi connectivity index (χ1n) is 5.89. The molecule has 0 N–H and O–H groups in total. The zero-order chi connectivity index (χ0) is 13.4. The minimum atomic E-state index is 0.138. The fraction of sp³-hybridized carbons (Fsp3) is 0.133. The largest absolute Gasteiger partial charge is 0.293 e. The summed E-state index contributed by atoms with van der Waals surface area (Å²) in [4.78, 5) is 13.1. The van der Waals surface area contributed by atoms with Crippen molar-refractivity contribution in [3.8, 4) is 0 Å². The molecule has 0 saturated heterocycles. The Labute approximate surface area is 124 Å². The summed E-state index contributed by atoms with van der Waals surface area (Å²) < 4.78 is 2.37. The molecule has 0 spiro atoms. The zero-order valence-electron chi connectivity index (χ0n) is 10.3. The summed E-state index contributed by atoms with van der Waals surface area (Å²) in [5.74, 6) is 0.138. The predicted molar refractivity (Wildman–Crippen MR) is 83.9 cm³/mol. The minimum absolute atomic E-state index is 0.138. The number of Topliss-reactive ketones (excluding diaryl/α,β-unsaturated/α-hetero) is 1. The van der Waals surface area contributed by atoms with Crippen molar-refractivity contribution in [2.75, 3.05) is 0 Å². The van der Waals surface area contributed by atoms with E-state index in [0.717, 1.165) is 16.0 Å². The summed E-state index contributed by atoms with van der Waals surface area (Å²) in [5.41, 5.74) is 2.01. The van der Waals surface area contributed by atoms with Crippen LogP contribution >= 0.6 is 34.3 Å². The first-order chi connectivity index (χ1) is 9.13. The number of fused-ring (bicyclic) bond motifs is 1. The number of hydrogen-bond donors (Lipinski definition) is 0. The average Bonchev–Trinajstić information content (AvgIpc) is 2.93. The topological polar surface area (TPSA) is 17.1 Å². The van der Waals surface area contributed by atoms with E-state index in [0.29, 0.717) is 11.4 Å². The minimum Gasteiger partial charge on any atom is -0.293 e. The van der Waals surface area contributed by atoms with Crippen LogP contribution in [0.15, 0.2) is 35.7 Å². The lowest BCUT2D eigenvalue weighted by Gasteiger charge is -2.03. The van der Waals surface area contributed by atoms with Crippen LogP contribution in [0.5, 0.6) is 0 Å². The van der Waals surface area contributed by atoms with E-state index in [1.54, 1.807) is 22.7 Å². The molecule has 3 aromatic rings. The average molecular weight is 307 g/mol. The normalized spacial score (nSPS) is 11.1. The number of rotatable bonds is 3. The summed E-state index contributed by atoms with van der Waals surface area (Å²) in [6, 6.07) is 9.86. The number of thiophene rings is 2. The summed E-state index contributed by atoms with van der Waals surface area (Å²) in [6.45, 7) is 1.99. The van der Waals surface area contributed by atoms with Crippen LogP contribution in [0, 0.1) is 6.92 Å². The number of aryl methyl sites for hydroxylation is 1. The Bertz CT molecular complexity index is 726. The zero-order valence-corrected chi connectivity index (χ0v) is 12.7. The molecule has 0 radical (unpaired) electrons. The molecule has 19 heavy (non-hydrogen) atoms. The molecule has 0 bridgehead atoms. The van der Waals surface area contributed by atoms with Crippen molar-refractivity contribution in [3.63, 3.8) is 0 Å². The summed E-state index contributed by atoms with van der Waals surface area (Å²) in [7, 11) is 0. The number of halogens is 1. The van der Waals surface area contributed by atoms with Crippen LogP contribution in [-0.4, -0.2) is 5.78 Å². The lowest BCUT2D eigenvalue weighted by atomic mass is 10.1. The summed E-state index contributed by atoms with van der Waals surface area (Å²) >= 11 is 9.40. The molecule has 1 nitrogen and oxygen atoms in total. The van der Waals surface area contributed by atoms with Crippen LogP contribution in [-0.2, 0) is 6.42 Å². The maximum absolute atomic E-state index is 12.3. The van der Waals surface area contributed by atoms with E-state index < -0.39 is 0 Å². The lowest BCUT2D eigenvalue weighted by Crippen LogP contribution is -2.01. The molecule has 96 valence electrons. The van der Waals surface area contributed by atoms with E-state index in [1.807, 2.05) is 36.6 Å². The van der Waals surface area contributed by atoms with E-state index in [4.69, 9.17) is 11.6 Å².